The van der Waals surface area contributed by atoms with E-state index >= 15 is 0 Å². The number of hydrogen-bond donors (Lipinski definition) is 0. The molecule has 3 heterocycles. The summed E-state index contributed by atoms with van der Waals surface area (Å²) < 4.78 is 13.2. The minimum Gasteiger partial charge on any atom is -0.448 e. The Morgan fingerprint density at radius 2 is 2.15 bits per heavy atom. The summed E-state index contributed by atoms with van der Waals surface area (Å²) in [7, 11) is 0. The van der Waals surface area contributed by atoms with Crippen molar-refractivity contribution < 1.29 is 8.94 Å². The normalized spacial score (nSPS) is 20.1. The second-order valence-corrected chi connectivity index (χ2v) is 7.28. The Labute approximate surface area is 151 Å². The van der Waals surface area contributed by atoms with E-state index in [-0.39, 0.29) is 5.92 Å². The zero-order chi connectivity index (χ0) is 17.5. The number of aryl methyl sites for hydroxylation is 2. The fourth-order valence-corrected chi connectivity index (χ4v) is 3.78. The van der Waals surface area contributed by atoms with Crippen LogP contribution in [0.3, 0.4) is 0 Å². The lowest BCUT2D eigenvalue weighted by molar-refractivity contribution is 0.271. The van der Waals surface area contributed by atoms with Gasteiger partial charge >= 0.3 is 0 Å². The zero-order valence-electron chi connectivity index (χ0n) is 14.9. The van der Waals surface area contributed by atoms with E-state index in [1.807, 2.05) is 0 Å². The number of rotatable bonds is 5. The van der Waals surface area contributed by atoms with Gasteiger partial charge in [-0.1, -0.05) is 17.3 Å². The molecule has 0 aliphatic heterocycles. The summed E-state index contributed by atoms with van der Waals surface area (Å²) in [6.07, 6.45) is 9.84. The second kappa shape index (κ2) is 6.34. The van der Waals surface area contributed by atoms with Gasteiger partial charge in [-0.15, -0.1) is 5.10 Å². The van der Waals surface area contributed by atoms with Crippen LogP contribution in [0.2, 0.25) is 0 Å². The van der Waals surface area contributed by atoms with Crippen molar-refractivity contribution in [2.45, 2.75) is 70.3 Å². The molecule has 1 fully saturated rings. The molecule has 1 saturated carbocycles. The predicted octanol–water partition coefficient (Wildman–Crippen LogP) is 3.27. The van der Waals surface area contributed by atoms with Crippen molar-refractivity contribution in [3.05, 3.63) is 29.4 Å². The summed E-state index contributed by atoms with van der Waals surface area (Å²) in [6.45, 7) is 2.09. The Hall–Kier alpha value is -2.51. The Morgan fingerprint density at radius 1 is 1.23 bits per heavy atom. The van der Waals surface area contributed by atoms with Crippen LogP contribution in [-0.4, -0.2) is 30.1 Å². The van der Waals surface area contributed by atoms with Crippen LogP contribution in [0, 0.1) is 0 Å². The molecule has 0 amide bonds. The molecule has 0 bridgehead atoms. The molecule has 136 valence electrons. The van der Waals surface area contributed by atoms with Gasteiger partial charge in [-0.25, -0.2) is 9.67 Å². The first-order valence-electron chi connectivity index (χ1n) is 9.53. The van der Waals surface area contributed by atoms with Crippen molar-refractivity contribution >= 4 is 0 Å². The van der Waals surface area contributed by atoms with E-state index < -0.39 is 0 Å². The molecule has 0 aromatic carbocycles. The Bertz CT molecular complexity index is 907. The summed E-state index contributed by atoms with van der Waals surface area (Å²) in [5, 5.41) is 12.9. The number of hydrogen-bond acceptors (Lipinski definition) is 7. The van der Waals surface area contributed by atoms with Crippen molar-refractivity contribution in [2.24, 2.45) is 0 Å². The van der Waals surface area contributed by atoms with Crippen LogP contribution in [0.15, 0.2) is 15.2 Å². The summed E-state index contributed by atoms with van der Waals surface area (Å²) >= 11 is 0. The molecule has 5 rings (SSSR count). The van der Waals surface area contributed by atoms with Gasteiger partial charge in [-0.2, -0.15) is 4.98 Å². The first kappa shape index (κ1) is 15.7. The van der Waals surface area contributed by atoms with Gasteiger partial charge < -0.3 is 8.94 Å². The van der Waals surface area contributed by atoms with Crippen LogP contribution < -0.4 is 0 Å². The van der Waals surface area contributed by atoms with E-state index in [4.69, 9.17) is 8.94 Å². The number of aromatic nitrogens is 6. The largest absolute Gasteiger partial charge is 0.448 e. The van der Waals surface area contributed by atoms with Gasteiger partial charge in [0.05, 0.1) is 17.4 Å². The van der Waals surface area contributed by atoms with Crippen LogP contribution in [0.1, 0.15) is 74.2 Å². The van der Waals surface area contributed by atoms with Crippen molar-refractivity contribution in [2.75, 3.05) is 0 Å². The molecule has 2 aliphatic carbocycles. The molecule has 3 aromatic rings. The molecule has 1 atom stereocenters. The molecule has 0 spiro atoms. The van der Waals surface area contributed by atoms with E-state index in [0.717, 1.165) is 37.8 Å². The highest BCUT2D eigenvalue weighted by Gasteiger charge is 2.32. The average Bonchev–Trinajstić information content (AvgIpc) is 3.32. The minimum atomic E-state index is 0.211. The summed E-state index contributed by atoms with van der Waals surface area (Å²) in [5.41, 5.74) is 3.02. The fourth-order valence-electron chi connectivity index (χ4n) is 3.78. The zero-order valence-corrected chi connectivity index (χ0v) is 14.9. The Kier molecular flexibility index (Phi) is 3.83. The molecule has 2 aliphatic rings. The summed E-state index contributed by atoms with van der Waals surface area (Å²) in [6, 6.07) is 0.523. The standard InChI is InChI=1S/C18H22N6O2/c1-2-4-16-19-14(10-25-16)17-20-18(26-22-17)11-7-8-13-15(9-11)24(23-21-13)12-5-3-6-12/h10-12H,2-9H2,1H3. The van der Waals surface area contributed by atoms with Gasteiger partial charge in [0, 0.05) is 18.8 Å². The SMILES string of the molecule is CCCc1nc(-c2noc(C3CCc4nnn(C5CCC5)c4C3)n2)co1. The van der Waals surface area contributed by atoms with E-state index in [1.165, 1.54) is 25.0 Å². The molecule has 26 heavy (non-hydrogen) atoms. The summed E-state index contributed by atoms with van der Waals surface area (Å²) in [4.78, 5) is 9.03. The lowest BCUT2D eigenvalue weighted by Gasteiger charge is -2.28. The maximum atomic E-state index is 5.57. The van der Waals surface area contributed by atoms with Crippen molar-refractivity contribution in [1.29, 1.82) is 0 Å². The lowest BCUT2D eigenvalue weighted by atomic mass is 9.87. The third-order valence-corrected chi connectivity index (χ3v) is 5.50. The van der Waals surface area contributed by atoms with E-state index in [2.05, 4.69) is 37.0 Å². The lowest BCUT2D eigenvalue weighted by Crippen LogP contribution is -2.23. The smallest absolute Gasteiger partial charge is 0.230 e. The maximum Gasteiger partial charge on any atom is 0.230 e. The molecular formula is C18H22N6O2. The molecule has 0 saturated heterocycles. The molecule has 0 radical (unpaired) electrons. The van der Waals surface area contributed by atoms with Gasteiger partial charge in [0.1, 0.15) is 12.0 Å². The van der Waals surface area contributed by atoms with Crippen LogP contribution in [-0.2, 0) is 19.3 Å². The predicted molar refractivity (Wildman–Crippen MR) is 91.5 cm³/mol. The quantitative estimate of drug-likeness (QED) is 0.694. The van der Waals surface area contributed by atoms with Crippen LogP contribution in [0.4, 0.5) is 0 Å². The van der Waals surface area contributed by atoms with Crippen LogP contribution >= 0.6 is 0 Å². The van der Waals surface area contributed by atoms with Gasteiger partial charge in [0.2, 0.25) is 11.7 Å². The molecule has 8 nitrogen and oxygen atoms in total. The topological polar surface area (TPSA) is 95.7 Å². The first-order valence-corrected chi connectivity index (χ1v) is 9.53. The van der Waals surface area contributed by atoms with Gasteiger partial charge in [-0.3, -0.25) is 0 Å². The Morgan fingerprint density at radius 3 is 2.96 bits per heavy atom. The molecule has 1 unspecified atom stereocenters. The molecule has 8 heteroatoms. The molecule has 3 aromatic heterocycles. The highest BCUT2D eigenvalue weighted by atomic mass is 16.5. The first-order chi connectivity index (χ1) is 12.8. The van der Waals surface area contributed by atoms with Gasteiger partial charge in [0.15, 0.2) is 5.89 Å². The van der Waals surface area contributed by atoms with Crippen molar-refractivity contribution in [3.8, 4) is 11.5 Å². The van der Waals surface area contributed by atoms with E-state index in [0.29, 0.717) is 29.3 Å². The third kappa shape index (κ3) is 2.64. The van der Waals surface area contributed by atoms with E-state index in [1.54, 1.807) is 6.26 Å². The molecular weight excluding hydrogens is 332 g/mol. The second-order valence-electron chi connectivity index (χ2n) is 7.28. The monoisotopic (exact) mass is 354 g/mol. The van der Waals surface area contributed by atoms with Gasteiger partial charge in [0.25, 0.3) is 0 Å². The van der Waals surface area contributed by atoms with Crippen molar-refractivity contribution in [1.82, 2.24) is 30.1 Å². The number of oxazole rings is 1. The van der Waals surface area contributed by atoms with E-state index in [9.17, 15) is 0 Å². The number of nitrogens with zero attached hydrogens (tertiary/aromatic N) is 6. The fraction of sp³-hybridized carbons (Fsp3) is 0.611. The molecule has 0 N–H and O–H groups in total. The van der Waals surface area contributed by atoms with Crippen LogP contribution in [0.25, 0.3) is 11.5 Å². The average molecular weight is 354 g/mol. The highest BCUT2D eigenvalue weighted by molar-refractivity contribution is 5.45. The highest BCUT2D eigenvalue weighted by Crippen LogP contribution is 2.37. The van der Waals surface area contributed by atoms with Crippen LogP contribution in [0.5, 0.6) is 0 Å². The Balaban J connectivity index is 1.36. The number of fused-ring (bicyclic) bond motifs is 1. The maximum absolute atomic E-state index is 5.57. The van der Waals surface area contributed by atoms with Crippen molar-refractivity contribution in [3.63, 3.8) is 0 Å². The minimum absolute atomic E-state index is 0.211. The third-order valence-electron chi connectivity index (χ3n) is 5.50. The van der Waals surface area contributed by atoms with Gasteiger partial charge in [-0.05, 0) is 38.5 Å². The summed E-state index contributed by atoms with van der Waals surface area (Å²) in [5.74, 6) is 2.10.